The van der Waals surface area contributed by atoms with Crippen LogP contribution in [0.1, 0.15) is 32.6 Å². The zero-order valence-electron chi connectivity index (χ0n) is 10.6. The average Bonchev–Trinajstić information content (AvgIpc) is 2.27. The second kappa shape index (κ2) is 5.99. The molecule has 0 saturated carbocycles. The van der Waals surface area contributed by atoms with Gasteiger partial charge in [-0.05, 0) is 25.8 Å². The fourth-order valence-corrected chi connectivity index (χ4v) is 2.95. The first-order valence-corrected chi connectivity index (χ1v) is 6.85. The first-order valence-electron chi connectivity index (χ1n) is 6.85. The number of nitrogens with zero attached hydrogens (tertiary/aromatic N) is 1. The smallest absolute Gasteiger partial charge is 0.0544 e. The van der Waals surface area contributed by atoms with Crippen molar-refractivity contribution in [1.82, 2.24) is 10.2 Å². The van der Waals surface area contributed by atoms with Gasteiger partial charge in [0.2, 0.25) is 0 Å². The van der Waals surface area contributed by atoms with Crippen LogP contribution < -0.4 is 5.32 Å². The van der Waals surface area contributed by atoms with Crippen LogP contribution in [0.5, 0.6) is 0 Å². The summed E-state index contributed by atoms with van der Waals surface area (Å²) in [5, 5.41) is 3.40. The highest BCUT2D eigenvalue weighted by Crippen LogP contribution is 2.37. The molecule has 2 saturated heterocycles. The summed E-state index contributed by atoms with van der Waals surface area (Å²) in [6, 6.07) is 0. The highest BCUT2D eigenvalue weighted by molar-refractivity contribution is 4.85. The third kappa shape index (κ3) is 3.19. The van der Waals surface area contributed by atoms with Crippen molar-refractivity contribution >= 4 is 0 Å². The van der Waals surface area contributed by atoms with Crippen LogP contribution in [0.3, 0.4) is 0 Å². The van der Waals surface area contributed by atoms with Crippen LogP contribution in [0.15, 0.2) is 0 Å². The Morgan fingerprint density at radius 1 is 1.19 bits per heavy atom. The zero-order valence-corrected chi connectivity index (χ0v) is 10.6. The van der Waals surface area contributed by atoms with E-state index in [2.05, 4.69) is 17.1 Å². The third-order valence-electron chi connectivity index (χ3n) is 3.99. The minimum Gasteiger partial charge on any atom is -0.380 e. The van der Waals surface area contributed by atoms with Gasteiger partial charge < -0.3 is 15.0 Å². The average molecular weight is 226 g/mol. The van der Waals surface area contributed by atoms with Crippen LogP contribution in [-0.2, 0) is 4.74 Å². The van der Waals surface area contributed by atoms with Crippen molar-refractivity contribution in [3.05, 3.63) is 0 Å². The monoisotopic (exact) mass is 226 g/mol. The molecule has 0 radical (unpaired) electrons. The molecule has 2 aliphatic heterocycles. The Morgan fingerprint density at radius 2 is 1.94 bits per heavy atom. The lowest BCUT2D eigenvalue weighted by Crippen LogP contribution is -2.45. The number of rotatable bonds is 6. The van der Waals surface area contributed by atoms with Crippen LogP contribution >= 0.6 is 0 Å². The van der Waals surface area contributed by atoms with Crippen molar-refractivity contribution in [2.24, 2.45) is 5.41 Å². The van der Waals surface area contributed by atoms with Gasteiger partial charge in [-0.15, -0.1) is 0 Å². The molecule has 2 heterocycles. The molecule has 0 aliphatic carbocycles. The quantitative estimate of drug-likeness (QED) is 0.742. The number of hydrogen-bond acceptors (Lipinski definition) is 3. The molecule has 0 aromatic heterocycles. The van der Waals surface area contributed by atoms with Gasteiger partial charge in [-0.1, -0.05) is 13.3 Å². The van der Waals surface area contributed by atoms with E-state index in [4.69, 9.17) is 4.74 Å². The molecule has 0 amide bonds. The highest BCUT2D eigenvalue weighted by Gasteiger charge is 2.36. The Balaban J connectivity index is 1.62. The summed E-state index contributed by atoms with van der Waals surface area (Å²) < 4.78 is 5.41. The van der Waals surface area contributed by atoms with Gasteiger partial charge >= 0.3 is 0 Å². The lowest BCUT2D eigenvalue weighted by molar-refractivity contribution is -0.123. The van der Waals surface area contributed by atoms with Crippen molar-refractivity contribution in [3.63, 3.8) is 0 Å². The molecule has 0 aromatic rings. The molecular weight excluding hydrogens is 200 g/mol. The number of ether oxygens (including phenoxy) is 1. The second-order valence-corrected chi connectivity index (χ2v) is 5.44. The van der Waals surface area contributed by atoms with E-state index in [9.17, 15) is 0 Å². The first-order chi connectivity index (χ1) is 7.85. The molecule has 94 valence electrons. The molecule has 2 aliphatic rings. The summed E-state index contributed by atoms with van der Waals surface area (Å²) in [5.41, 5.74) is 0.558. The van der Waals surface area contributed by atoms with Crippen molar-refractivity contribution in [3.8, 4) is 0 Å². The SMILES string of the molecule is CCCC1(CCCN2CCNCC2)COC1. The maximum absolute atomic E-state index is 5.41. The fraction of sp³-hybridized carbons (Fsp3) is 1.00. The Labute approximate surface area is 99.5 Å². The molecule has 0 atom stereocenters. The summed E-state index contributed by atoms with van der Waals surface area (Å²) >= 11 is 0. The number of hydrogen-bond donors (Lipinski definition) is 1. The molecule has 2 fully saturated rings. The van der Waals surface area contributed by atoms with Gasteiger partial charge in [0.15, 0.2) is 0 Å². The van der Waals surface area contributed by atoms with Gasteiger partial charge in [0.1, 0.15) is 0 Å². The Kier molecular flexibility index (Phi) is 4.62. The standard InChI is InChI=1S/C13H26N2O/c1-2-4-13(11-16-12-13)5-3-8-15-9-6-14-7-10-15/h14H,2-12H2,1H3. The van der Waals surface area contributed by atoms with Crippen molar-refractivity contribution in [2.45, 2.75) is 32.6 Å². The second-order valence-electron chi connectivity index (χ2n) is 5.44. The topological polar surface area (TPSA) is 24.5 Å². The summed E-state index contributed by atoms with van der Waals surface area (Å²) in [7, 11) is 0. The zero-order chi connectivity index (χ0) is 11.3. The summed E-state index contributed by atoms with van der Waals surface area (Å²) in [6.07, 6.45) is 5.37. The minimum absolute atomic E-state index is 0.558. The van der Waals surface area contributed by atoms with E-state index in [1.54, 1.807) is 0 Å². The van der Waals surface area contributed by atoms with Crippen LogP contribution in [0, 0.1) is 5.41 Å². The van der Waals surface area contributed by atoms with Crippen LogP contribution in [0.25, 0.3) is 0 Å². The fourth-order valence-electron chi connectivity index (χ4n) is 2.95. The molecule has 16 heavy (non-hydrogen) atoms. The molecule has 1 N–H and O–H groups in total. The van der Waals surface area contributed by atoms with E-state index in [-0.39, 0.29) is 0 Å². The van der Waals surface area contributed by atoms with Crippen molar-refractivity contribution < 1.29 is 4.74 Å². The number of nitrogens with one attached hydrogen (secondary N) is 1. The minimum atomic E-state index is 0.558. The van der Waals surface area contributed by atoms with E-state index in [0.717, 1.165) is 13.2 Å². The summed E-state index contributed by atoms with van der Waals surface area (Å²) in [4.78, 5) is 2.59. The number of piperazine rings is 1. The van der Waals surface area contributed by atoms with Crippen LogP contribution in [0.4, 0.5) is 0 Å². The van der Waals surface area contributed by atoms with E-state index < -0.39 is 0 Å². The van der Waals surface area contributed by atoms with Gasteiger partial charge in [-0.25, -0.2) is 0 Å². The summed E-state index contributed by atoms with van der Waals surface area (Å²) in [6.45, 7) is 10.4. The lowest BCUT2D eigenvalue weighted by atomic mass is 9.77. The maximum Gasteiger partial charge on any atom is 0.0544 e. The van der Waals surface area contributed by atoms with Crippen molar-refractivity contribution in [2.75, 3.05) is 45.9 Å². The maximum atomic E-state index is 5.41. The normalized spacial score (nSPS) is 25.3. The van der Waals surface area contributed by atoms with Crippen LogP contribution in [-0.4, -0.2) is 50.8 Å². The third-order valence-corrected chi connectivity index (χ3v) is 3.99. The van der Waals surface area contributed by atoms with E-state index >= 15 is 0 Å². The largest absolute Gasteiger partial charge is 0.380 e. The van der Waals surface area contributed by atoms with Crippen molar-refractivity contribution in [1.29, 1.82) is 0 Å². The van der Waals surface area contributed by atoms with Gasteiger partial charge in [-0.3, -0.25) is 0 Å². The van der Waals surface area contributed by atoms with Gasteiger partial charge in [0.25, 0.3) is 0 Å². The molecule has 2 rings (SSSR count). The molecule has 0 spiro atoms. The molecule has 3 heteroatoms. The van der Waals surface area contributed by atoms with Gasteiger partial charge in [0.05, 0.1) is 13.2 Å². The Bertz CT molecular complexity index is 198. The first kappa shape index (κ1) is 12.3. The highest BCUT2D eigenvalue weighted by atomic mass is 16.5. The van der Waals surface area contributed by atoms with Crippen LogP contribution in [0.2, 0.25) is 0 Å². The molecule has 0 aromatic carbocycles. The van der Waals surface area contributed by atoms with E-state index in [0.29, 0.717) is 5.41 Å². The molecule has 0 unspecified atom stereocenters. The molecular formula is C13H26N2O. The predicted octanol–water partition coefficient (Wildman–Crippen LogP) is 1.49. The Hall–Kier alpha value is -0.120. The van der Waals surface area contributed by atoms with Gasteiger partial charge in [-0.2, -0.15) is 0 Å². The molecule has 3 nitrogen and oxygen atoms in total. The molecule has 0 bridgehead atoms. The lowest BCUT2D eigenvalue weighted by Gasteiger charge is -2.42. The van der Waals surface area contributed by atoms with E-state index in [1.807, 2.05) is 0 Å². The summed E-state index contributed by atoms with van der Waals surface area (Å²) in [5.74, 6) is 0. The van der Waals surface area contributed by atoms with E-state index in [1.165, 1.54) is 58.4 Å². The van der Waals surface area contributed by atoms with Gasteiger partial charge in [0, 0.05) is 31.6 Å². The Morgan fingerprint density at radius 3 is 2.50 bits per heavy atom. The predicted molar refractivity (Wildman–Crippen MR) is 66.7 cm³/mol.